The maximum atomic E-state index is 13.0. The SMILES string of the molecule is CCN1C(=O)c2c(OC)c(=O)cc3n2N(CC3O)C1(C)COC. The van der Waals surface area contributed by atoms with Crippen LogP contribution >= 0.6 is 0 Å². The number of amides is 1. The Labute approximate surface area is 133 Å². The molecule has 1 amide bonds. The molecule has 0 aliphatic carbocycles. The summed E-state index contributed by atoms with van der Waals surface area (Å²) in [6.45, 7) is 4.72. The van der Waals surface area contributed by atoms with E-state index in [2.05, 4.69) is 0 Å². The van der Waals surface area contributed by atoms with Crippen molar-refractivity contribution in [3.05, 3.63) is 27.7 Å². The molecule has 126 valence electrons. The zero-order valence-electron chi connectivity index (χ0n) is 13.7. The van der Waals surface area contributed by atoms with Crippen molar-refractivity contribution in [2.24, 2.45) is 0 Å². The van der Waals surface area contributed by atoms with Crippen molar-refractivity contribution in [2.75, 3.05) is 38.9 Å². The molecule has 23 heavy (non-hydrogen) atoms. The molecule has 2 unspecified atom stereocenters. The molecule has 0 saturated carbocycles. The summed E-state index contributed by atoms with van der Waals surface area (Å²) < 4.78 is 12.1. The molecule has 0 bridgehead atoms. The maximum Gasteiger partial charge on any atom is 0.278 e. The molecule has 8 nitrogen and oxygen atoms in total. The van der Waals surface area contributed by atoms with E-state index in [0.717, 1.165) is 0 Å². The van der Waals surface area contributed by atoms with Gasteiger partial charge in [-0.3, -0.25) is 14.6 Å². The lowest BCUT2D eigenvalue weighted by Crippen LogP contribution is -2.70. The first-order chi connectivity index (χ1) is 10.9. The highest BCUT2D eigenvalue weighted by molar-refractivity contribution is 5.97. The lowest BCUT2D eigenvalue weighted by atomic mass is 10.1. The summed E-state index contributed by atoms with van der Waals surface area (Å²) in [5, 5.41) is 12.2. The number of carbonyl (C=O) groups excluding carboxylic acids is 1. The lowest BCUT2D eigenvalue weighted by Gasteiger charge is -2.51. The second-order valence-electron chi connectivity index (χ2n) is 5.92. The van der Waals surface area contributed by atoms with Gasteiger partial charge in [-0.2, -0.15) is 0 Å². The number of aliphatic hydroxyl groups is 1. The van der Waals surface area contributed by atoms with Crippen LogP contribution in [-0.4, -0.2) is 60.2 Å². The molecule has 2 aliphatic rings. The van der Waals surface area contributed by atoms with Gasteiger partial charge in [-0.05, 0) is 13.8 Å². The largest absolute Gasteiger partial charge is 0.491 e. The van der Waals surface area contributed by atoms with Gasteiger partial charge in [0.15, 0.2) is 17.1 Å². The molecule has 0 spiro atoms. The van der Waals surface area contributed by atoms with Crippen LogP contribution in [0, 0.1) is 0 Å². The minimum absolute atomic E-state index is 0.00392. The first-order valence-electron chi connectivity index (χ1n) is 7.51. The highest BCUT2D eigenvalue weighted by Crippen LogP contribution is 2.38. The minimum Gasteiger partial charge on any atom is -0.491 e. The number of carbonyl (C=O) groups is 1. The number of aromatic nitrogens is 1. The number of methoxy groups -OCH3 is 2. The molecule has 0 radical (unpaired) electrons. The second kappa shape index (κ2) is 5.24. The maximum absolute atomic E-state index is 13.0. The number of pyridine rings is 1. The highest BCUT2D eigenvalue weighted by atomic mass is 16.5. The molecular formula is C15H21N3O5. The molecule has 1 aromatic heterocycles. The van der Waals surface area contributed by atoms with E-state index in [-0.39, 0.29) is 30.5 Å². The Balaban J connectivity index is 2.34. The van der Waals surface area contributed by atoms with E-state index in [0.29, 0.717) is 12.2 Å². The van der Waals surface area contributed by atoms with Gasteiger partial charge < -0.3 is 19.5 Å². The van der Waals surface area contributed by atoms with Crippen LogP contribution in [0.5, 0.6) is 5.75 Å². The summed E-state index contributed by atoms with van der Waals surface area (Å²) in [5.74, 6) is -0.316. The van der Waals surface area contributed by atoms with Gasteiger partial charge in [0.1, 0.15) is 6.10 Å². The van der Waals surface area contributed by atoms with Crippen LogP contribution in [0.3, 0.4) is 0 Å². The van der Waals surface area contributed by atoms with Crippen molar-refractivity contribution in [1.29, 1.82) is 0 Å². The fourth-order valence-corrected chi connectivity index (χ4v) is 3.63. The molecule has 1 aromatic rings. The molecule has 0 fully saturated rings. The Hall–Kier alpha value is -2.06. The van der Waals surface area contributed by atoms with Gasteiger partial charge in [0.05, 0.1) is 26.0 Å². The standard InChI is InChI=1S/C15H21N3O5/c1-5-16-14(21)12-13(23-4)10(19)6-9-11(20)7-17(18(9)12)15(16,2)8-22-3/h6,11,20H,5,7-8H2,1-4H3. The van der Waals surface area contributed by atoms with Crippen molar-refractivity contribution in [1.82, 2.24) is 9.58 Å². The summed E-state index contributed by atoms with van der Waals surface area (Å²) in [6.07, 6.45) is -0.854. The fourth-order valence-electron chi connectivity index (χ4n) is 3.63. The van der Waals surface area contributed by atoms with Gasteiger partial charge in [0.25, 0.3) is 5.91 Å². The summed E-state index contributed by atoms with van der Waals surface area (Å²) in [6, 6.07) is 1.33. The normalized spacial score (nSPS) is 25.8. The zero-order chi connectivity index (χ0) is 16.9. The number of hydrogen-bond donors (Lipinski definition) is 1. The van der Waals surface area contributed by atoms with Crippen LogP contribution in [0.2, 0.25) is 0 Å². The molecule has 3 heterocycles. The second-order valence-corrected chi connectivity index (χ2v) is 5.92. The van der Waals surface area contributed by atoms with Crippen molar-refractivity contribution in [2.45, 2.75) is 25.6 Å². The average Bonchev–Trinajstić information content (AvgIpc) is 2.83. The first kappa shape index (κ1) is 15.8. The number of aliphatic hydroxyl groups excluding tert-OH is 1. The Morgan fingerprint density at radius 3 is 2.65 bits per heavy atom. The Morgan fingerprint density at radius 2 is 2.09 bits per heavy atom. The predicted octanol–water partition coefficient (Wildman–Crippen LogP) is -0.320. The van der Waals surface area contributed by atoms with E-state index in [9.17, 15) is 14.7 Å². The Bertz CT molecular complexity index is 716. The van der Waals surface area contributed by atoms with Crippen molar-refractivity contribution in [3.8, 4) is 5.75 Å². The lowest BCUT2D eigenvalue weighted by molar-refractivity contribution is -0.00110. The molecule has 2 aliphatic heterocycles. The van der Waals surface area contributed by atoms with Crippen LogP contribution in [0.4, 0.5) is 0 Å². The van der Waals surface area contributed by atoms with E-state index in [1.807, 2.05) is 18.9 Å². The monoisotopic (exact) mass is 323 g/mol. The first-order valence-corrected chi connectivity index (χ1v) is 7.51. The molecule has 0 aromatic carbocycles. The minimum atomic E-state index is -0.854. The van der Waals surface area contributed by atoms with Crippen LogP contribution in [0.15, 0.2) is 10.9 Å². The van der Waals surface area contributed by atoms with Crippen molar-refractivity contribution in [3.63, 3.8) is 0 Å². The van der Waals surface area contributed by atoms with Gasteiger partial charge in [-0.1, -0.05) is 0 Å². The molecule has 1 N–H and O–H groups in total. The number of likely N-dealkylation sites (N-methyl/N-ethyl adjacent to an activating group) is 1. The van der Waals surface area contributed by atoms with E-state index in [4.69, 9.17) is 9.47 Å². The smallest absolute Gasteiger partial charge is 0.278 e. The van der Waals surface area contributed by atoms with E-state index < -0.39 is 17.2 Å². The summed E-state index contributed by atoms with van der Waals surface area (Å²) in [4.78, 5) is 26.9. The molecule has 3 rings (SSSR count). The molecule has 2 atom stereocenters. The van der Waals surface area contributed by atoms with Gasteiger partial charge in [0.2, 0.25) is 5.43 Å². The summed E-state index contributed by atoms with van der Waals surface area (Å²) in [7, 11) is 2.93. The van der Waals surface area contributed by atoms with Crippen molar-refractivity contribution < 1.29 is 19.4 Å². The van der Waals surface area contributed by atoms with Gasteiger partial charge in [0, 0.05) is 19.7 Å². The fraction of sp³-hybridized carbons (Fsp3) is 0.600. The molecule has 0 saturated heterocycles. The summed E-state index contributed by atoms with van der Waals surface area (Å²) >= 11 is 0. The Morgan fingerprint density at radius 1 is 1.39 bits per heavy atom. The topological polar surface area (TPSA) is 84.2 Å². The number of rotatable bonds is 4. The highest BCUT2D eigenvalue weighted by Gasteiger charge is 2.52. The zero-order valence-corrected chi connectivity index (χ0v) is 13.7. The quantitative estimate of drug-likeness (QED) is 0.817. The van der Waals surface area contributed by atoms with Crippen LogP contribution < -0.4 is 15.2 Å². The van der Waals surface area contributed by atoms with E-state index >= 15 is 0 Å². The van der Waals surface area contributed by atoms with Crippen LogP contribution in [0.1, 0.15) is 36.1 Å². The average molecular weight is 323 g/mol. The summed E-state index contributed by atoms with van der Waals surface area (Å²) in [5.41, 5.74) is -0.617. The third kappa shape index (κ3) is 1.91. The van der Waals surface area contributed by atoms with Gasteiger partial charge in [-0.25, -0.2) is 4.68 Å². The number of nitrogens with zero attached hydrogens (tertiary/aromatic N) is 3. The van der Waals surface area contributed by atoms with Crippen molar-refractivity contribution >= 4 is 5.91 Å². The third-order valence-electron chi connectivity index (χ3n) is 4.63. The number of hydrogen-bond acceptors (Lipinski definition) is 6. The third-order valence-corrected chi connectivity index (χ3v) is 4.63. The van der Waals surface area contributed by atoms with Gasteiger partial charge in [-0.15, -0.1) is 0 Å². The van der Waals surface area contributed by atoms with Crippen LogP contribution in [0.25, 0.3) is 0 Å². The Kier molecular flexibility index (Phi) is 3.61. The molecule has 8 heteroatoms. The van der Waals surface area contributed by atoms with E-state index in [1.54, 1.807) is 16.7 Å². The van der Waals surface area contributed by atoms with Crippen LogP contribution in [-0.2, 0) is 4.74 Å². The van der Waals surface area contributed by atoms with Gasteiger partial charge >= 0.3 is 0 Å². The molecular weight excluding hydrogens is 302 g/mol. The van der Waals surface area contributed by atoms with E-state index in [1.165, 1.54) is 13.2 Å². The number of ether oxygens (including phenoxy) is 2. The predicted molar refractivity (Wildman–Crippen MR) is 82.3 cm³/mol.